The summed E-state index contributed by atoms with van der Waals surface area (Å²) < 4.78 is 0. The van der Waals surface area contributed by atoms with Crippen molar-refractivity contribution in [3.8, 4) is 0 Å². The second kappa shape index (κ2) is 5.35. The summed E-state index contributed by atoms with van der Waals surface area (Å²) in [6.07, 6.45) is 3.98. The van der Waals surface area contributed by atoms with Gasteiger partial charge in [0, 0.05) is 25.0 Å². The first-order valence-corrected chi connectivity index (χ1v) is 6.18. The number of nitrogens with two attached hydrogens (primary N) is 1. The van der Waals surface area contributed by atoms with E-state index in [0.717, 1.165) is 38.8 Å². The Labute approximate surface area is 101 Å². The van der Waals surface area contributed by atoms with Crippen molar-refractivity contribution in [3.05, 3.63) is 0 Å². The summed E-state index contributed by atoms with van der Waals surface area (Å²) in [7, 11) is 0. The average Bonchev–Trinajstić information content (AvgIpc) is 3.15. The summed E-state index contributed by atoms with van der Waals surface area (Å²) in [5, 5.41) is 14.5. The summed E-state index contributed by atoms with van der Waals surface area (Å²) in [6, 6.07) is 0.298. The molecule has 6 nitrogen and oxygen atoms in total. The standard InChI is InChI=1S/C11H20N4O2/c12-10(14-17)7-15-5-3-9(4-6-15)13-11(16)8-1-2-8/h8-9,17H,1-7H2,(H2,12,14)(H,13,16). The minimum atomic E-state index is 0.222. The summed E-state index contributed by atoms with van der Waals surface area (Å²) >= 11 is 0. The van der Waals surface area contributed by atoms with Crippen LogP contribution in [0.2, 0.25) is 0 Å². The molecule has 0 aromatic rings. The molecular formula is C11H20N4O2. The Kier molecular flexibility index (Phi) is 3.83. The van der Waals surface area contributed by atoms with E-state index in [-0.39, 0.29) is 17.7 Å². The maximum Gasteiger partial charge on any atom is 0.223 e. The van der Waals surface area contributed by atoms with Crippen LogP contribution >= 0.6 is 0 Å². The fraction of sp³-hybridized carbons (Fsp3) is 0.818. The van der Waals surface area contributed by atoms with Gasteiger partial charge in [-0.3, -0.25) is 9.69 Å². The van der Waals surface area contributed by atoms with Crippen molar-refractivity contribution < 1.29 is 10.0 Å². The first kappa shape index (κ1) is 12.2. The molecule has 1 saturated heterocycles. The highest BCUT2D eigenvalue weighted by Gasteiger charge is 2.31. The zero-order chi connectivity index (χ0) is 12.3. The molecule has 1 heterocycles. The van der Waals surface area contributed by atoms with Gasteiger partial charge in [-0.1, -0.05) is 5.16 Å². The van der Waals surface area contributed by atoms with Crippen LogP contribution in [0.3, 0.4) is 0 Å². The van der Waals surface area contributed by atoms with E-state index in [1.807, 2.05) is 0 Å². The Morgan fingerprint density at radius 2 is 2.00 bits per heavy atom. The third kappa shape index (κ3) is 3.59. The van der Waals surface area contributed by atoms with Gasteiger partial charge < -0.3 is 16.3 Å². The number of nitrogens with one attached hydrogen (secondary N) is 1. The van der Waals surface area contributed by atoms with Gasteiger partial charge in [0.1, 0.15) is 0 Å². The molecule has 1 aliphatic heterocycles. The van der Waals surface area contributed by atoms with Crippen molar-refractivity contribution in [1.29, 1.82) is 0 Å². The van der Waals surface area contributed by atoms with E-state index in [2.05, 4.69) is 15.4 Å². The first-order chi connectivity index (χ1) is 8.19. The van der Waals surface area contributed by atoms with E-state index in [1.54, 1.807) is 0 Å². The third-order valence-corrected chi connectivity index (χ3v) is 3.40. The molecule has 0 aromatic heterocycles. The second-order valence-corrected chi connectivity index (χ2v) is 4.92. The smallest absolute Gasteiger partial charge is 0.223 e. The number of likely N-dealkylation sites (tertiary alicyclic amines) is 1. The number of carbonyl (C=O) groups excluding carboxylic acids is 1. The van der Waals surface area contributed by atoms with E-state index in [4.69, 9.17) is 10.9 Å². The van der Waals surface area contributed by atoms with Gasteiger partial charge in [0.15, 0.2) is 5.84 Å². The van der Waals surface area contributed by atoms with Crippen LogP contribution in [0.4, 0.5) is 0 Å². The van der Waals surface area contributed by atoms with Crippen molar-refractivity contribution in [3.63, 3.8) is 0 Å². The van der Waals surface area contributed by atoms with E-state index in [0.29, 0.717) is 12.6 Å². The second-order valence-electron chi connectivity index (χ2n) is 4.92. The van der Waals surface area contributed by atoms with Crippen LogP contribution in [0.5, 0.6) is 0 Å². The summed E-state index contributed by atoms with van der Waals surface area (Å²) in [5.74, 6) is 0.746. The van der Waals surface area contributed by atoms with Crippen LogP contribution in [0.1, 0.15) is 25.7 Å². The molecule has 1 saturated carbocycles. The molecule has 1 aliphatic carbocycles. The fourth-order valence-electron chi connectivity index (χ4n) is 2.16. The SMILES string of the molecule is NC(CN1CCC(NC(=O)C2CC2)CC1)=NO. The summed E-state index contributed by atoms with van der Waals surface area (Å²) in [5.41, 5.74) is 5.46. The average molecular weight is 240 g/mol. The molecule has 0 bridgehead atoms. The molecule has 2 fully saturated rings. The van der Waals surface area contributed by atoms with E-state index < -0.39 is 0 Å². The summed E-state index contributed by atoms with van der Waals surface area (Å²) in [4.78, 5) is 13.7. The Morgan fingerprint density at radius 1 is 1.35 bits per heavy atom. The number of carbonyl (C=O) groups is 1. The van der Waals surface area contributed by atoms with Gasteiger partial charge in [-0.05, 0) is 25.7 Å². The molecular weight excluding hydrogens is 220 g/mol. The lowest BCUT2D eigenvalue weighted by Gasteiger charge is -2.31. The highest BCUT2D eigenvalue weighted by molar-refractivity contribution is 5.82. The number of rotatable bonds is 4. The fourth-order valence-corrected chi connectivity index (χ4v) is 2.16. The minimum absolute atomic E-state index is 0.222. The Balaban J connectivity index is 1.68. The van der Waals surface area contributed by atoms with Crippen molar-refractivity contribution in [2.45, 2.75) is 31.7 Å². The number of oxime groups is 1. The molecule has 2 aliphatic rings. The van der Waals surface area contributed by atoms with Gasteiger partial charge in [-0.25, -0.2) is 0 Å². The highest BCUT2D eigenvalue weighted by atomic mass is 16.4. The molecule has 4 N–H and O–H groups in total. The van der Waals surface area contributed by atoms with Gasteiger partial charge in [0.2, 0.25) is 5.91 Å². The van der Waals surface area contributed by atoms with E-state index in [1.165, 1.54) is 0 Å². The van der Waals surface area contributed by atoms with Crippen LogP contribution in [0, 0.1) is 5.92 Å². The number of hydrogen-bond donors (Lipinski definition) is 3. The minimum Gasteiger partial charge on any atom is -0.409 e. The van der Waals surface area contributed by atoms with Gasteiger partial charge >= 0.3 is 0 Å². The molecule has 0 radical (unpaired) electrons. The molecule has 96 valence electrons. The monoisotopic (exact) mass is 240 g/mol. The largest absolute Gasteiger partial charge is 0.409 e. The Bertz CT molecular complexity index is 307. The quantitative estimate of drug-likeness (QED) is 0.273. The van der Waals surface area contributed by atoms with E-state index >= 15 is 0 Å². The number of piperidine rings is 1. The molecule has 1 amide bonds. The Morgan fingerprint density at radius 3 is 2.53 bits per heavy atom. The molecule has 0 unspecified atom stereocenters. The van der Waals surface area contributed by atoms with Crippen LogP contribution in [0.15, 0.2) is 5.16 Å². The molecule has 6 heteroatoms. The van der Waals surface area contributed by atoms with Gasteiger partial charge in [0.25, 0.3) is 0 Å². The van der Waals surface area contributed by atoms with Crippen molar-refractivity contribution in [2.24, 2.45) is 16.8 Å². The maximum atomic E-state index is 11.6. The van der Waals surface area contributed by atoms with Crippen LogP contribution in [0.25, 0.3) is 0 Å². The topological polar surface area (TPSA) is 91.0 Å². The molecule has 0 spiro atoms. The van der Waals surface area contributed by atoms with Crippen LogP contribution < -0.4 is 11.1 Å². The lowest BCUT2D eigenvalue weighted by molar-refractivity contribution is -0.123. The van der Waals surface area contributed by atoms with Gasteiger partial charge in [-0.2, -0.15) is 0 Å². The zero-order valence-electron chi connectivity index (χ0n) is 9.93. The van der Waals surface area contributed by atoms with Crippen molar-refractivity contribution in [1.82, 2.24) is 10.2 Å². The van der Waals surface area contributed by atoms with Crippen LogP contribution in [-0.4, -0.2) is 47.5 Å². The highest BCUT2D eigenvalue weighted by Crippen LogP contribution is 2.29. The lowest BCUT2D eigenvalue weighted by Crippen LogP contribution is -2.47. The molecule has 0 aromatic carbocycles. The maximum absolute atomic E-state index is 11.6. The molecule has 17 heavy (non-hydrogen) atoms. The molecule has 0 atom stereocenters. The number of amidine groups is 1. The van der Waals surface area contributed by atoms with Gasteiger partial charge in [-0.15, -0.1) is 0 Å². The predicted octanol–water partition coefficient (Wildman–Crippen LogP) is -0.277. The predicted molar refractivity (Wildman–Crippen MR) is 63.7 cm³/mol. The number of amides is 1. The number of hydrogen-bond acceptors (Lipinski definition) is 4. The number of nitrogens with zero attached hydrogens (tertiary/aromatic N) is 2. The van der Waals surface area contributed by atoms with Gasteiger partial charge in [0.05, 0.1) is 6.54 Å². The van der Waals surface area contributed by atoms with Crippen molar-refractivity contribution >= 4 is 11.7 Å². The first-order valence-electron chi connectivity index (χ1n) is 6.18. The lowest BCUT2D eigenvalue weighted by atomic mass is 10.0. The zero-order valence-corrected chi connectivity index (χ0v) is 9.93. The van der Waals surface area contributed by atoms with Crippen LogP contribution in [-0.2, 0) is 4.79 Å². The van der Waals surface area contributed by atoms with Crippen molar-refractivity contribution in [2.75, 3.05) is 19.6 Å². The van der Waals surface area contributed by atoms with E-state index in [9.17, 15) is 4.79 Å². The molecule has 2 rings (SSSR count). The Hall–Kier alpha value is -1.30. The third-order valence-electron chi connectivity index (χ3n) is 3.40. The summed E-state index contributed by atoms with van der Waals surface area (Å²) in [6.45, 7) is 2.26. The normalized spacial score (nSPS) is 23.6.